The Morgan fingerprint density at radius 1 is 1.35 bits per heavy atom. The molecule has 0 radical (unpaired) electrons. The third kappa shape index (κ3) is 5.37. The van der Waals surface area contributed by atoms with Crippen LogP contribution in [0.4, 0.5) is 0 Å². The SMILES string of the molecule is CCc1cnc(CCNC(=O)c2ccccc2COC2CCOCC2)s1. The monoisotopic (exact) mass is 374 g/mol. The first-order valence-corrected chi connectivity index (χ1v) is 10.1. The van der Waals surface area contributed by atoms with Crippen LogP contribution in [0.5, 0.6) is 0 Å². The van der Waals surface area contributed by atoms with Gasteiger partial charge in [0.05, 0.1) is 17.7 Å². The Morgan fingerprint density at radius 2 is 2.15 bits per heavy atom. The van der Waals surface area contributed by atoms with Crippen LogP contribution < -0.4 is 5.32 Å². The number of nitrogens with one attached hydrogen (secondary N) is 1. The second kappa shape index (κ2) is 9.80. The molecule has 0 bridgehead atoms. The van der Waals surface area contributed by atoms with Crippen molar-refractivity contribution < 1.29 is 14.3 Å². The minimum absolute atomic E-state index is 0.0524. The van der Waals surface area contributed by atoms with E-state index < -0.39 is 0 Å². The van der Waals surface area contributed by atoms with Crippen LogP contribution in [-0.4, -0.2) is 36.8 Å². The van der Waals surface area contributed by atoms with Crippen molar-refractivity contribution in [1.29, 1.82) is 0 Å². The Hall–Kier alpha value is -1.76. The maximum absolute atomic E-state index is 12.6. The molecule has 1 fully saturated rings. The van der Waals surface area contributed by atoms with Crippen molar-refractivity contribution in [3.63, 3.8) is 0 Å². The van der Waals surface area contributed by atoms with Gasteiger partial charge in [0, 0.05) is 42.8 Å². The van der Waals surface area contributed by atoms with Crippen LogP contribution in [0.3, 0.4) is 0 Å². The summed E-state index contributed by atoms with van der Waals surface area (Å²) in [6.45, 7) is 4.68. The average molecular weight is 375 g/mol. The summed E-state index contributed by atoms with van der Waals surface area (Å²) in [7, 11) is 0. The Balaban J connectivity index is 1.51. The molecule has 1 aliphatic heterocycles. The molecule has 0 saturated carbocycles. The zero-order valence-corrected chi connectivity index (χ0v) is 16.0. The Labute approximate surface area is 158 Å². The third-order valence-electron chi connectivity index (χ3n) is 4.48. The number of aromatic nitrogens is 1. The fourth-order valence-electron chi connectivity index (χ4n) is 2.92. The number of hydrogen-bond acceptors (Lipinski definition) is 5. The van der Waals surface area contributed by atoms with Crippen molar-refractivity contribution in [3.05, 3.63) is 51.5 Å². The van der Waals surface area contributed by atoms with Gasteiger partial charge in [0.2, 0.25) is 0 Å². The van der Waals surface area contributed by atoms with E-state index in [1.54, 1.807) is 11.3 Å². The number of carbonyl (C=O) groups excluding carboxylic acids is 1. The fraction of sp³-hybridized carbons (Fsp3) is 0.500. The molecule has 1 N–H and O–H groups in total. The van der Waals surface area contributed by atoms with E-state index in [2.05, 4.69) is 17.2 Å². The van der Waals surface area contributed by atoms with E-state index in [-0.39, 0.29) is 12.0 Å². The second-order valence-electron chi connectivity index (χ2n) is 6.36. The largest absolute Gasteiger partial charge is 0.381 e. The van der Waals surface area contributed by atoms with Crippen LogP contribution in [0.15, 0.2) is 30.5 Å². The topological polar surface area (TPSA) is 60.5 Å². The maximum Gasteiger partial charge on any atom is 0.251 e. The Kier molecular flexibility index (Phi) is 7.17. The van der Waals surface area contributed by atoms with Gasteiger partial charge >= 0.3 is 0 Å². The van der Waals surface area contributed by atoms with Gasteiger partial charge in [-0.15, -0.1) is 11.3 Å². The highest BCUT2D eigenvalue weighted by molar-refractivity contribution is 7.11. The van der Waals surface area contributed by atoms with E-state index in [0.29, 0.717) is 18.7 Å². The summed E-state index contributed by atoms with van der Waals surface area (Å²) in [4.78, 5) is 18.2. The molecule has 0 spiro atoms. The highest BCUT2D eigenvalue weighted by atomic mass is 32.1. The van der Waals surface area contributed by atoms with Gasteiger partial charge in [-0.25, -0.2) is 4.98 Å². The molecule has 26 heavy (non-hydrogen) atoms. The molecule has 3 rings (SSSR count). The third-order valence-corrected chi connectivity index (χ3v) is 5.68. The Morgan fingerprint density at radius 3 is 2.92 bits per heavy atom. The summed E-state index contributed by atoms with van der Waals surface area (Å²) in [5.74, 6) is -0.0524. The lowest BCUT2D eigenvalue weighted by Gasteiger charge is -2.22. The molecule has 1 saturated heterocycles. The van der Waals surface area contributed by atoms with Gasteiger partial charge in [0.15, 0.2) is 0 Å². The van der Waals surface area contributed by atoms with E-state index in [4.69, 9.17) is 9.47 Å². The first-order chi connectivity index (χ1) is 12.8. The number of benzene rings is 1. The molecule has 2 aromatic rings. The molecular weight excluding hydrogens is 348 g/mol. The van der Waals surface area contributed by atoms with Crippen molar-refractivity contribution in [2.24, 2.45) is 0 Å². The molecule has 1 aliphatic rings. The summed E-state index contributed by atoms with van der Waals surface area (Å²) in [5, 5.41) is 4.07. The minimum atomic E-state index is -0.0524. The number of ether oxygens (including phenoxy) is 2. The summed E-state index contributed by atoms with van der Waals surface area (Å²) in [5.41, 5.74) is 1.62. The quantitative estimate of drug-likeness (QED) is 0.770. The standard InChI is InChI=1S/C20H26N2O3S/c1-2-17-13-22-19(26-17)7-10-21-20(23)18-6-4-3-5-15(18)14-25-16-8-11-24-12-9-16/h3-6,13,16H,2,7-12,14H2,1H3,(H,21,23). The minimum Gasteiger partial charge on any atom is -0.381 e. The van der Waals surface area contributed by atoms with E-state index in [1.165, 1.54) is 4.88 Å². The number of hydrogen-bond donors (Lipinski definition) is 1. The van der Waals surface area contributed by atoms with Crippen molar-refractivity contribution in [1.82, 2.24) is 10.3 Å². The molecule has 1 aromatic carbocycles. The number of rotatable bonds is 8. The molecule has 5 nitrogen and oxygen atoms in total. The molecule has 0 aliphatic carbocycles. The van der Waals surface area contributed by atoms with E-state index in [9.17, 15) is 4.79 Å². The highest BCUT2D eigenvalue weighted by Gasteiger charge is 2.16. The van der Waals surface area contributed by atoms with Crippen LogP contribution >= 0.6 is 11.3 Å². The van der Waals surface area contributed by atoms with E-state index in [1.807, 2.05) is 30.5 Å². The zero-order valence-electron chi connectivity index (χ0n) is 15.2. The summed E-state index contributed by atoms with van der Waals surface area (Å²) in [6, 6.07) is 7.65. The fourth-order valence-corrected chi connectivity index (χ4v) is 3.79. The lowest BCUT2D eigenvalue weighted by Crippen LogP contribution is -2.27. The van der Waals surface area contributed by atoms with Gasteiger partial charge in [0.25, 0.3) is 5.91 Å². The predicted molar refractivity (Wildman–Crippen MR) is 103 cm³/mol. The van der Waals surface area contributed by atoms with Crippen molar-refractivity contribution >= 4 is 17.2 Å². The highest BCUT2D eigenvalue weighted by Crippen LogP contribution is 2.16. The first kappa shape index (κ1) is 19.0. The van der Waals surface area contributed by atoms with E-state index >= 15 is 0 Å². The number of nitrogens with zero attached hydrogens (tertiary/aromatic N) is 1. The van der Waals surface area contributed by atoms with Gasteiger partial charge in [-0.1, -0.05) is 25.1 Å². The van der Waals surface area contributed by atoms with Gasteiger partial charge in [-0.05, 0) is 30.9 Å². The van der Waals surface area contributed by atoms with Crippen molar-refractivity contribution in [2.45, 2.75) is 45.3 Å². The second-order valence-corrected chi connectivity index (χ2v) is 7.56. The van der Waals surface area contributed by atoms with Crippen LogP contribution in [0.1, 0.15) is 45.6 Å². The smallest absolute Gasteiger partial charge is 0.251 e. The summed E-state index contributed by atoms with van der Waals surface area (Å²) >= 11 is 1.71. The molecule has 2 heterocycles. The van der Waals surface area contributed by atoms with Crippen LogP contribution in [-0.2, 0) is 28.9 Å². The van der Waals surface area contributed by atoms with Crippen molar-refractivity contribution in [3.8, 4) is 0 Å². The molecule has 1 amide bonds. The lowest BCUT2D eigenvalue weighted by molar-refractivity contribution is -0.0392. The lowest BCUT2D eigenvalue weighted by atomic mass is 10.1. The maximum atomic E-state index is 12.6. The summed E-state index contributed by atoms with van der Waals surface area (Å²) in [6.07, 6.45) is 5.74. The summed E-state index contributed by atoms with van der Waals surface area (Å²) < 4.78 is 11.3. The molecular formula is C20H26N2O3S. The molecule has 0 unspecified atom stereocenters. The predicted octanol–water partition coefficient (Wildman–Crippen LogP) is 3.37. The number of carbonyl (C=O) groups is 1. The normalized spacial score (nSPS) is 15.1. The molecule has 140 valence electrons. The van der Waals surface area contributed by atoms with Gasteiger partial charge in [-0.2, -0.15) is 0 Å². The number of amides is 1. The first-order valence-electron chi connectivity index (χ1n) is 9.25. The number of aryl methyl sites for hydroxylation is 1. The van der Waals surface area contributed by atoms with Gasteiger partial charge < -0.3 is 14.8 Å². The van der Waals surface area contributed by atoms with Crippen LogP contribution in [0.25, 0.3) is 0 Å². The zero-order chi connectivity index (χ0) is 18.2. The van der Waals surface area contributed by atoms with Gasteiger partial charge in [-0.3, -0.25) is 4.79 Å². The van der Waals surface area contributed by atoms with Crippen LogP contribution in [0.2, 0.25) is 0 Å². The van der Waals surface area contributed by atoms with Gasteiger partial charge in [0.1, 0.15) is 0 Å². The molecule has 0 atom stereocenters. The van der Waals surface area contributed by atoms with E-state index in [0.717, 1.165) is 49.5 Å². The Bertz CT molecular complexity index is 711. The average Bonchev–Trinajstić information content (AvgIpc) is 3.15. The van der Waals surface area contributed by atoms with Crippen LogP contribution in [0, 0.1) is 0 Å². The number of thiazole rings is 1. The molecule has 1 aromatic heterocycles. The van der Waals surface area contributed by atoms with Crippen molar-refractivity contribution in [2.75, 3.05) is 19.8 Å². The molecule has 6 heteroatoms.